The average molecular weight is 445 g/mol. The number of nitrogens with zero attached hydrogens (tertiary/aromatic N) is 3. The summed E-state index contributed by atoms with van der Waals surface area (Å²) in [4.78, 5) is 12.6. The van der Waals surface area contributed by atoms with Gasteiger partial charge in [-0.1, -0.05) is 18.3 Å². The smallest absolute Gasteiger partial charge is 0.258 e. The molecule has 1 aliphatic rings. The third-order valence-corrected chi connectivity index (χ3v) is 7.44. The second kappa shape index (κ2) is 7.48. The van der Waals surface area contributed by atoms with E-state index in [-0.39, 0.29) is 10.5 Å². The van der Waals surface area contributed by atoms with Crippen molar-refractivity contribution in [3.8, 4) is 0 Å². The topological polar surface area (TPSA) is 92.3 Å². The van der Waals surface area contributed by atoms with Crippen LogP contribution < -0.4 is 5.32 Å². The summed E-state index contributed by atoms with van der Waals surface area (Å²) in [5, 5.41) is 11.7. The molecule has 7 nitrogen and oxygen atoms in total. The molecule has 134 valence electrons. The molecule has 10 heteroatoms. The second-order valence-electron chi connectivity index (χ2n) is 5.56. The maximum Gasteiger partial charge on any atom is 0.258 e. The fraction of sp³-hybridized carbons (Fsp3) is 0.400. The summed E-state index contributed by atoms with van der Waals surface area (Å²) in [5.41, 5.74) is 0.244. The number of sulfonamides is 1. The fourth-order valence-corrected chi connectivity index (χ4v) is 5.17. The van der Waals surface area contributed by atoms with Crippen LogP contribution in [0.15, 0.2) is 27.6 Å². The fourth-order valence-electron chi connectivity index (χ4n) is 2.53. The Hall–Kier alpha value is -1.36. The van der Waals surface area contributed by atoms with Crippen LogP contribution in [0.25, 0.3) is 0 Å². The van der Waals surface area contributed by atoms with Crippen LogP contribution in [-0.2, 0) is 16.4 Å². The van der Waals surface area contributed by atoms with Crippen LogP contribution in [0.5, 0.6) is 0 Å². The van der Waals surface area contributed by atoms with Crippen molar-refractivity contribution < 1.29 is 13.2 Å². The highest BCUT2D eigenvalue weighted by molar-refractivity contribution is 9.10. The van der Waals surface area contributed by atoms with Gasteiger partial charge in [-0.3, -0.25) is 10.1 Å². The van der Waals surface area contributed by atoms with Gasteiger partial charge in [0.2, 0.25) is 15.2 Å². The maximum absolute atomic E-state index is 12.7. The van der Waals surface area contributed by atoms with E-state index in [2.05, 4.69) is 31.4 Å². The molecule has 3 rings (SSSR count). The highest BCUT2D eigenvalue weighted by atomic mass is 79.9. The number of rotatable bonds is 5. The van der Waals surface area contributed by atoms with Gasteiger partial charge in [0, 0.05) is 17.6 Å². The Bertz CT molecular complexity index is 892. The van der Waals surface area contributed by atoms with E-state index in [1.54, 1.807) is 6.07 Å². The van der Waals surface area contributed by atoms with Crippen LogP contribution in [0.4, 0.5) is 5.13 Å². The number of nitrogens with one attached hydrogen (secondary N) is 1. The van der Waals surface area contributed by atoms with Crippen molar-refractivity contribution >= 4 is 48.3 Å². The predicted molar refractivity (Wildman–Crippen MR) is 99.4 cm³/mol. The first kappa shape index (κ1) is 18.4. The summed E-state index contributed by atoms with van der Waals surface area (Å²) in [6, 6.07) is 4.49. The number of aryl methyl sites for hydroxylation is 1. The molecular formula is C15H17BrN4O3S2. The van der Waals surface area contributed by atoms with Crippen molar-refractivity contribution in [3.05, 3.63) is 33.2 Å². The minimum absolute atomic E-state index is 0.120. The molecule has 0 atom stereocenters. The molecule has 0 spiro atoms. The quantitative estimate of drug-likeness (QED) is 0.764. The molecule has 25 heavy (non-hydrogen) atoms. The molecule has 1 aromatic heterocycles. The van der Waals surface area contributed by atoms with Crippen molar-refractivity contribution in [1.29, 1.82) is 0 Å². The molecule has 0 unspecified atom stereocenters. The lowest BCUT2D eigenvalue weighted by Gasteiger charge is -2.16. The van der Waals surface area contributed by atoms with Crippen molar-refractivity contribution in [2.45, 2.75) is 31.1 Å². The molecule has 1 saturated heterocycles. The molecule has 0 saturated carbocycles. The number of carbonyl (C=O) groups excluding carboxylic acids is 1. The van der Waals surface area contributed by atoms with Gasteiger partial charge in [0.1, 0.15) is 5.01 Å². The monoisotopic (exact) mass is 444 g/mol. The molecule has 0 bridgehead atoms. The summed E-state index contributed by atoms with van der Waals surface area (Å²) in [6.07, 6.45) is 2.46. The number of halogens is 1. The van der Waals surface area contributed by atoms with E-state index in [4.69, 9.17) is 0 Å². The van der Waals surface area contributed by atoms with Crippen LogP contribution in [0.2, 0.25) is 0 Å². The number of aromatic nitrogens is 2. The van der Waals surface area contributed by atoms with E-state index < -0.39 is 15.9 Å². The highest BCUT2D eigenvalue weighted by Gasteiger charge is 2.28. The van der Waals surface area contributed by atoms with Gasteiger partial charge in [0.15, 0.2) is 0 Å². The van der Waals surface area contributed by atoms with Crippen molar-refractivity contribution in [3.63, 3.8) is 0 Å². The molecule has 0 aliphatic carbocycles. The maximum atomic E-state index is 12.7. The van der Waals surface area contributed by atoms with Gasteiger partial charge in [0.05, 0.1) is 10.5 Å². The molecule has 0 radical (unpaired) electrons. The zero-order valence-electron chi connectivity index (χ0n) is 13.5. The Labute approximate surface area is 158 Å². The number of hydrogen-bond acceptors (Lipinski definition) is 6. The average Bonchev–Trinajstić information content (AvgIpc) is 3.26. The first-order valence-electron chi connectivity index (χ1n) is 7.85. The molecule has 1 aromatic carbocycles. The van der Waals surface area contributed by atoms with E-state index in [9.17, 15) is 13.2 Å². The minimum Gasteiger partial charge on any atom is -0.296 e. The molecular weight excluding hydrogens is 428 g/mol. The number of hydrogen-bond donors (Lipinski definition) is 1. The zero-order valence-corrected chi connectivity index (χ0v) is 16.7. The Morgan fingerprint density at radius 2 is 2.04 bits per heavy atom. The summed E-state index contributed by atoms with van der Waals surface area (Å²) >= 11 is 4.61. The Balaban J connectivity index is 1.87. The molecule has 1 fully saturated rings. The second-order valence-corrected chi connectivity index (χ2v) is 9.42. The molecule has 1 amide bonds. The third-order valence-electron chi connectivity index (χ3n) is 3.88. The largest absolute Gasteiger partial charge is 0.296 e. The SMILES string of the molecule is CCc1nnc(NC(=O)c2cc(S(=O)(=O)N3CCCC3)ccc2Br)s1. The van der Waals surface area contributed by atoms with Gasteiger partial charge in [-0.25, -0.2) is 8.42 Å². The van der Waals surface area contributed by atoms with E-state index in [0.717, 1.165) is 24.3 Å². The van der Waals surface area contributed by atoms with Gasteiger partial charge in [-0.2, -0.15) is 4.31 Å². The van der Waals surface area contributed by atoms with Crippen molar-refractivity contribution in [2.75, 3.05) is 18.4 Å². The van der Waals surface area contributed by atoms with Crippen LogP contribution in [0.1, 0.15) is 35.1 Å². The first-order chi connectivity index (χ1) is 11.9. The normalized spacial score (nSPS) is 15.4. The number of amides is 1. The van der Waals surface area contributed by atoms with Gasteiger partial charge in [-0.05, 0) is 53.4 Å². The molecule has 2 aromatic rings. The predicted octanol–water partition coefficient (Wildman–Crippen LogP) is 2.90. The standard InChI is InChI=1S/C15H17BrN4O3S2/c1-2-13-18-19-15(24-13)17-14(21)11-9-10(5-6-12(11)16)25(22,23)20-7-3-4-8-20/h5-6,9H,2-4,7-8H2,1H3,(H,17,19,21). The van der Waals surface area contributed by atoms with Gasteiger partial charge in [0.25, 0.3) is 5.91 Å². The summed E-state index contributed by atoms with van der Waals surface area (Å²) < 4.78 is 27.3. The lowest BCUT2D eigenvalue weighted by molar-refractivity contribution is 0.102. The van der Waals surface area contributed by atoms with Gasteiger partial charge in [-0.15, -0.1) is 10.2 Å². The van der Waals surface area contributed by atoms with Crippen molar-refractivity contribution in [2.24, 2.45) is 0 Å². The highest BCUT2D eigenvalue weighted by Crippen LogP contribution is 2.26. The van der Waals surface area contributed by atoms with E-state index in [0.29, 0.717) is 22.7 Å². The number of anilines is 1. The minimum atomic E-state index is -3.58. The lowest BCUT2D eigenvalue weighted by Crippen LogP contribution is -2.28. The Kier molecular flexibility index (Phi) is 5.52. The lowest BCUT2D eigenvalue weighted by atomic mass is 10.2. The zero-order chi connectivity index (χ0) is 18.0. The van der Waals surface area contributed by atoms with Gasteiger partial charge < -0.3 is 0 Å². The number of benzene rings is 1. The van der Waals surface area contributed by atoms with Crippen LogP contribution in [0.3, 0.4) is 0 Å². The van der Waals surface area contributed by atoms with E-state index in [1.165, 1.54) is 27.8 Å². The van der Waals surface area contributed by atoms with Crippen LogP contribution in [0, 0.1) is 0 Å². The molecule has 2 heterocycles. The van der Waals surface area contributed by atoms with Crippen molar-refractivity contribution in [1.82, 2.24) is 14.5 Å². The summed E-state index contributed by atoms with van der Waals surface area (Å²) in [7, 11) is -3.58. The van der Waals surface area contributed by atoms with Crippen LogP contribution >= 0.6 is 27.3 Å². The van der Waals surface area contributed by atoms with Gasteiger partial charge >= 0.3 is 0 Å². The third kappa shape index (κ3) is 3.91. The van der Waals surface area contributed by atoms with E-state index >= 15 is 0 Å². The number of carbonyl (C=O) groups is 1. The van der Waals surface area contributed by atoms with Crippen LogP contribution in [-0.4, -0.2) is 41.9 Å². The van der Waals surface area contributed by atoms with E-state index in [1.807, 2.05) is 6.92 Å². The molecule has 1 N–H and O–H groups in total. The Morgan fingerprint density at radius 3 is 2.68 bits per heavy atom. The summed E-state index contributed by atoms with van der Waals surface area (Å²) in [6.45, 7) is 2.99. The molecule has 1 aliphatic heterocycles. The first-order valence-corrected chi connectivity index (χ1v) is 10.9. The Morgan fingerprint density at radius 1 is 1.32 bits per heavy atom. The summed E-state index contributed by atoms with van der Waals surface area (Å²) in [5.74, 6) is -0.427.